The van der Waals surface area contributed by atoms with E-state index in [-0.39, 0.29) is 5.78 Å². The lowest BCUT2D eigenvalue weighted by molar-refractivity contribution is -0.112. The number of allylic oxidation sites excluding steroid dienone is 2. The highest BCUT2D eigenvalue weighted by Gasteiger charge is 2.34. The number of carbonyl (C=O) groups excluding carboxylic acids is 1. The van der Waals surface area contributed by atoms with Gasteiger partial charge in [0.2, 0.25) is 5.78 Å². The first-order chi connectivity index (χ1) is 5.88. The molecule has 2 heterocycles. The summed E-state index contributed by atoms with van der Waals surface area (Å²) in [6.07, 6.45) is 5.21. The molecule has 3 rings (SSSR count). The van der Waals surface area contributed by atoms with Crippen molar-refractivity contribution in [3.63, 3.8) is 0 Å². The van der Waals surface area contributed by atoms with Gasteiger partial charge >= 0.3 is 0 Å². The van der Waals surface area contributed by atoms with Gasteiger partial charge in [0.1, 0.15) is 11.4 Å². The molecule has 0 fully saturated rings. The van der Waals surface area contributed by atoms with Crippen LogP contribution in [0.3, 0.4) is 0 Å². The molecule has 1 aliphatic carbocycles. The largest absolute Gasteiger partial charge is 0.285 e. The Morgan fingerprint density at radius 3 is 2.00 bits per heavy atom. The van der Waals surface area contributed by atoms with E-state index in [0.29, 0.717) is 11.4 Å². The van der Waals surface area contributed by atoms with Gasteiger partial charge in [-0.3, -0.25) is 14.8 Å². The van der Waals surface area contributed by atoms with Crippen LogP contribution in [0.25, 0.3) is 0 Å². The third-order valence-electron chi connectivity index (χ3n) is 2.40. The quantitative estimate of drug-likeness (QED) is 0.519. The van der Waals surface area contributed by atoms with Gasteiger partial charge in [0, 0.05) is 25.3 Å². The zero-order valence-corrected chi connectivity index (χ0v) is 6.37. The molecule has 0 aromatic rings. The van der Waals surface area contributed by atoms with Crippen LogP contribution >= 0.6 is 0 Å². The van der Waals surface area contributed by atoms with Crippen LogP contribution in [0.15, 0.2) is 32.5 Å². The van der Waals surface area contributed by atoms with Crippen LogP contribution in [0, 0.1) is 0 Å². The van der Waals surface area contributed by atoms with Gasteiger partial charge < -0.3 is 0 Å². The second kappa shape index (κ2) is 1.80. The smallest absolute Gasteiger partial charge is 0.230 e. The van der Waals surface area contributed by atoms with Crippen LogP contribution in [-0.4, -0.2) is 18.2 Å². The number of ketones is 1. The molecule has 0 saturated carbocycles. The van der Waals surface area contributed by atoms with Gasteiger partial charge in [0.15, 0.2) is 0 Å². The molecular weight excluding hydrogens is 152 g/mol. The maximum atomic E-state index is 11.5. The molecular formula is C9H6N2O. The highest BCUT2D eigenvalue weighted by atomic mass is 16.1. The lowest BCUT2D eigenvalue weighted by atomic mass is 10.1. The van der Waals surface area contributed by atoms with E-state index in [4.69, 9.17) is 0 Å². The van der Waals surface area contributed by atoms with Crippen molar-refractivity contribution >= 4 is 18.2 Å². The fourth-order valence-electron chi connectivity index (χ4n) is 1.84. The molecule has 0 unspecified atom stereocenters. The normalized spacial score (nSPS) is 24.5. The van der Waals surface area contributed by atoms with Crippen molar-refractivity contribution in [2.75, 3.05) is 0 Å². The summed E-state index contributed by atoms with van der Waals surface area (Å²) in [5.41, 5.74) is 3.48. The van der Waals surface area contributed by atoms with Crippen LogP contribution in [0.4, 0.5) is 0 Å². The number of nitrogens with zero attached hydrogens (tertiary/aromatic N) is 2. The predicted octanol–water partition coefficient (Wildman–Crippen LogP) is 1.03. The fraction of sp³-hybridized carbons (Fsp3) is 0.222. The Labute approximate surface area is 69.2 Å². The predicted molar refractivity (Wildman–Crippen MR) is 45.3 cm³/mol. The SMILES string of the molecule is O=C1C2=C(CC=N2)C2=C1N=CC2. The molecule has 0 saturated heterocycles. The summed E-state index contributed by atoms with van der Waals surface area (Å²) in [6, 6.07) is 0. The number of hydrogen-bond donors (Lipinski definition) is 0. The highest BCUT2D eigenvalue weighted by molar-refractivity contribution is 6.17. The maximum Gasteiger partial charge on any atom is 0.230 e. The molecule has 12 heavy (non-hydrogen) atoms. The highest BCUT2D eigenvalue weighted by Crippen LogP contribution is 2.39. The molecule has 0 radical (unpaired) electrons. The zero-order valence-electron chi connectivity index (χ0n) is 6.37. The average molecular weight is 158 g/mol. The number of fused-ring (bicyclic) bond motifs is 1. The molecule has 3 nitrogen and oxygen atoms in total. The van der Waals surface area contributed by atoms with Crippen molar-refractivity contribution in [3.05, 3.63) is 22.5 Å². The minimum atomic E-state index is 0.0162. The van der Waals surface area contributed by atoms with Gasteiger partial charge in [0.05, 0.1) is 0 Å². The zero-order chi connectivity index (χ0) is 8.13. The number of hydrogen-bond acceptors (Lipinski definition) is 3. The summed E-state index contributed by atoms with van der Waals surface area (Å²) in [6.45, 7) is 0. The van der Waals surface area contributed by atoms with Crippen LogP contribution in [0.5, 0.6) is 0 Å². The summed E-state index contributed by atoms with van der Waals surface area (Å²) in [5.74, 6) is 0.0162. The van der Waals surface area contributed by atoms with Gasteiger partial charge in [-0.05, 0) is 11.1 Å². The van der Waals surface area contributed by atoms with Crippen molar-refractivity contribution in [3.8, 4) is 0 Å². The van der Waals surface area contributed by atoms with Gasteiger partial charge in [-0.25, -0.2) is 0 Å². The second-order valence-corrected chi connectivity index (χ2v) is 3.02. The van der Waals surface area contributed by atoms with Crippen LogP contribution in [0.1, 0.15) is 12.8 Å². The van der Waals surface area contributed by atoms with E-state index in [2.05, 4.69) is 9.98 Å². The topological polar surface area (TPSA) is 41.8 Å². The van der Waals surface area contributed by atoms with E-state index in [1.807, 2.05) is 0 Å². The third kappa shape index (κ3) is 0.512. The standard InChI is InChI=1S/C9H6N2O/c12-9-7-5(1-3-10-7)6-2-4-11-8(6)9/h3-4H,1-2H2. The minimum Gasteiger partial charge on any atom is -0.285 e. The molecule has 0 aromatic carbocycles. The lowest BCUT2D eigenvalue weighted by Gasteiger charge is -1.95. The molecule has 58 valence electrons. The van der Waals surface area contributed by atoms with Crippen molar-refractivity contribution in [2.24, 2.45) is 9.98 Å². The summed E-state index contributed by atoms with van der Waals surface area (Å²) in [5, 5.41) is 0. The molecule has 0 atom stereocenters. The Balaban J connectivity index is 2.20. The molecule has 0 N–H and O–H groups in total. The van der Waals surface area contributed by atoms with Crippen molar-refractivity contribution < 1.29 is 4.79 Å². The second-order valence-electron chi connectivity index (χ2n) is 3.02. The summed E-state index contributed by atoms with van der Waals surface area (Å²) >= 11 is 0. The molecule has 2 aliphatic heterocycles. The van der Waals surface area contributed by atoms with Crippen LogP contribution in [0.2, 0.25) is 0 Å². The summed E-state index contributed by atoms with van der Waals surface area (Å²) < 4.78 is 0. The van der Waals surface area contributed by atoms with E-state index in [1.165, 1.54) is 0 Å². The number of carbonyl (C=O) groups is 1. The van der Waals surface area contributed by atoms with Gasteiger partial charge in [-0.15, -0.1) is 0 Å². The molecule has 3 heteroatoms. The first-order valence-corrected chi connectivity index (χ1v) is 3.94. The Kier molecular flexibility index (Phi) is 0.909. The Bertz CT molecular complexity index is 372. The maximum absolute atomic E-state index is 11.5. The molecule has 0 bridgehead atoms. The molecule has 3 aliphatic rings. The van der Waals surface area contributed by atoms with Gasteiger partial charge in [-0.1, -0.05) is 0 Å². The van der Waals surface area contributed by atoms with Crippen LogP contribution < -0.4 is 0 Å². The number of Topliss-reactive ketones (excluding diaryl/α,β-unsaturated/α-hetero) is 1. The monoisotopic (exact) mass is 158 g/mol. The first kappa shape index (κ1) is 6.06. The third-order valence-corrected chi connectivity index (χ3v) is 2.40. The van der Waals surface area contributed by atoms with Crippen molar-refractivity contribution in [1.82, 2.24) is 0 Å². The fourth-order valence-corrected chi connectivity index (χ4v) is 1.84. The van der Waals surface area contributed by atoms with Crippen molar-refractivity contribution in [2.45, 2.75) is 12.8 Å². The van der Waals surface area contributed by atoms with E-state index < -0.39 is 0 Å². The van der Waals surface area contributed by atoms with Crippen molar-refractivity contribution in [1.29, 1.82) is 0 Å². The van der Waals surface area contributed by atoms with E-state index >= 15 is 0 Å². The van der Waals surface area contributed by atoms with Gasteiger partial charge in [0.25, 0.3) is 0 Å². The summed E-state index contributed by atoms with van der Waals surface area (Å²) in [4.78, 5) is 19.6. The molecule has 0 spiro atoms. The van der Waals surface area contributed by atoms with E-state index in [1.54, 1.807) is 12.4 Å². The number of rotatable bonds is 0. The minimum absolute atomic E-state index is 0.0162. The number of aliphatic imine (C=N–C) groups is 2. The summed E-state index contributed by atoms with van der Waals surface area (Å²) in [7, 11) is 0. The van der Waals surface area contributed by atoms with Gasteiger partial charge in [-0.2, -0.15) is 0 Å². The van der Waals surface area contributed by atoms with E-state index in [0.717, 1.165) is 24.0 Å². The lowest BCUT2D eigenvalue weighted by Crippen LogP contribution is -1.96. The molecule has 0 aromatic heterocycles. The first-order valence-electron chi connectivity index (χ1n) is 3.94. The van der Waals surface area contributed by atoms with Crippen LogP contribution in [-0.2, 0) is 4.79 Å². The average Bonchev–Trinajstić information content (AvgIpc) is 2.72. The Morgan fingerprint density at radius 2 is 1.50 bits per heavy atom. The Hall–Kier alpha value is -1.51. The Morgan fingerprint density at radius 1 is 1.00 bits per heavy atom. The van der Waals surface area contributed by atoms with E-state index in [9.17, 15) is 4.79 Å². The molecule has 0 amide bonds.